The summed E-state index contributed by atoms with van der Waals surface area (Å²) in [6.07, 6.45) is 6.76. The standard InChI is InChI=1S/C16H24ClNO/c1-19-16-9-5-6-14(12-16)13-18(11-10-17)15-7-3-2-4-8-15/h5-6,9,12,15H,2-4,7-8,10-11,13H2,1H3. The van der Waals surface area contributed by atoms with Gasteiger partial charge in [0.2, 0.25) is 0 Å². The molecule has 0 aliphatic heterocycles. The highest BCUT2D eigenvalue weighted by molar-refractivity contribution is 6.18. The lowest BCUT2D eigenvalue weighted by atomic mass is 9.94. The molecule has 3 heteroatoms. The van der Waals surface area contributed by atoms with Gasteiger partial charge in [0.25, 0.3) is 0 Å². The van der Waals surface area contributed by atoms with Gasteiger partial charge in [-0.05, 0) is 30.5 Å². The van der Waals surface area contributed by atoms with Crippen LogP contribution in [0.3, 0.4) is 0 Å². The summed E-state index contributed by atoms with van der Waals surface area (Å²) in [6, 6.07) is 9.07. The number of benzene rings is 1. The fraction of sp³-hybridized carbons (Fsp3) is 0.625. The quantitative estimate of drug-likeness (QED) is 0.729. The van der Waals surface area contributed by atoms with Gasteiger partial charge in [0.1, 0.15) is 5.75 Å². The second-order valence-corrected chi connectivity index (χ2v) is 5.68. The Morgan fingerprint density at radius 2 is 2.05 bits per heavy atom. The lowest BCUT2D eigenvalue weighted by Crippen LogP contribution is -2.37. The maximum Gasteiger partial charge on any atom is 0.119 e. The Labute approximate surface area is 121 Å². The van der Waals surface area contributed by atoms with Crippen molar-refractivity contribution in [3.63, 3.8) is 0 Å². The summed E-state index contributed by atoms with van der Waals surface area (Å²) in [6.45, 7) is 1.96. The number of nitrogens with zero attached hydrogens (tertiary/aromatic N) is 1. The monoisotopic (exact) mass is 281 g/mol. The van der Waals surface area contributed by atoms with Crippen LogP contribution in [-0.2, 0) is 6.54 Å². The van der Waals surface area contributed by atoms with E-state index in [4.69, 9.17) is 16.3 Å². The smallest absolute Gasteiger partial charge is 0.119 e. The number of alkyl halides is 1. The van der Waals surface area contributed by atoms with Crippen LogP contribution < -0.4 is 4.74 Å². The number of hydrogen-bond acceptors (Lipinski definition) is 2. The van der Waals surface area contributed by atoms with E-state index in [2.05, 4.69) is 23.1 Å². The van der Waals surface area contributed by atoms with E-state index in [1.807, 2.05) is 6.07 Å². The summed E-state index contributed by atoms with van der Waals surface area (Å²) in [5, 5.41) is 0. The predicted octanol–water partition coefficient (Wildman–Crippen LogP) is 4.07. The number of rotatable bonds is 6. The van der Waals surface area contributed by atoms with E-state index in [0.29, 0.717) is 11.9 Å². The number of ether oxygens (including phenoxy) is 1. The van der Waals surface area contributed by atoms with Crippen LogP contribution in [-0.4, -0.2) is 30.5 Å². The fourth-order valence-corrected chi connectivity index (χ4v) is 3.17. The molecule has 106 valence electrons. The first kappa shape index (κ1) is 14.7. The third-order valence-electron chi connectivity index (χ3n) is 3.98. The Morgan fingerprint density at radius 1 is 1.26 bits per heavy atom. The van der Waals surface area contributed by atoms with Crippen LogP contribution in [0.15, 0.2) is 24.3 Å². The highest BCUT2D eigenvalue weighted by atomic mass is 35.5. The van der Waals surface area contributed by atoms with Crippen LogP contribution in [0.4, 0.5) is 0 Å². The average Bonchev–Trinajstić information content (AvgIpc) is 2.48. The first-order valence-corrected chi connectivity index (χ1v) is 7.80. The van der Waals surface area contributed by atoms with Crippen LogP contribution in [0.5, 0.6) is 5.75 Å². The van der Waals surface area contributed by atoms with Crippen molar-refractivity contribution >= 4 is 11.6 Å². The predicted molar refractivity (Wildman–Crippen MR) is 81.0 cm³/mol. The van der Waals surface area contributed by atoms with Gasteiger partial charge in [0.05, 0.1) is 7.11 Å². The molecule has 1 aliphatic carbocycles. The van der Waals surface area contributed by atoms with Crippen molar-refractivity contribution in [2.45, 2.75) is 44.7 Å². The van der Waals surface area contributed by atoms with Gasteiger partial charge >= 0.3 is 0 Å². The maximum absolute atomic E-state index is 5.97. The largest absolute Gasteiger partial charge is 0.497 e. The molecule has 1 aromatic rings. The van der Waals surface area contributed by atoms with Crippen LogP contribution in [0.1, 0.15) is 37.7 Å². The molecule has 0 heterocycles. The van der Waals surface area contributed by atoms with Gasteiger partial charge in [-0.1, -0.05) is 31.4 Å². The molecule has 0 spiro atoms. The zero-order chi connectivity index (χ0) is 13.5. The summed E-state index contributed by atoms with van der Waals surface area (Å²) >= 11 is 5.97. The molecule has 0 unspecified atom stereocenters. The molecule has 1 aliphatic rings. The van der Waals surface area contributed by atoms with Crippen molar-refractivity contribution in [2.24, 2.45) is 0 Å². The summed E-state index contributed by atoms with van der Waals surface area (Å²) in [7, 11) is 1.72. The first-order valence-electron chi connectivity index (χ1n) is 7.26. The molecule has 1 saturated carbocycles. The molecule has 0 aromatic heterocycles. The lowest BCUT2D eigenvalue weighted by molar-refractivity contribution is 0.157. The van der Waals surface area contributed by atoms with Crippen molar-refractivity contribution in [2.75, 3.05) is 19.5 Å². The average molecular weight is 282 g/mol. The van der Waals surface area contributed by atoms with E-state index in [1.54, 1.807) is 7.11 Å². The van der Waals surface area contributed by atoms with Crippen LogP contribution in [0.25, 0.3) is 0 Å². The SMILES string of the molecule is COc1cccc(CN(CCCl)C2CCCCC2)c1. The molecule has 2 nitrogen and oxygen atoms in total. The molecule has 19 heavy (non-hydrogen) atoms. The van der Waals surface area contributed by atoms with E-state index >= 15 is 0 Å². The Kier molecular flexibility index (Phi) is 5.99. The minimum Gasteiger partial charge on any atom is -0.497 e. The van der Waals surface area contributed by atoms with Crippen LogP contribution in [0, 0.1) is 0 Å². The highest BCUT2D eigenvalue weighted by Crippen LogP contribution is 2.24. The third-order valence-corrected chi connectivity index (χ3v) is 4.15. The van der Waals surface area contributed by atoms with E-state index in [9.17, 15) is 0 Å². The molecule has 0 bridgehead atoms. The number of methoxy groups -OCH3 is 1. The Morgan fingerprint density at radius 3 is 2.74 bits per heavy atom. The highest BCUT2D eigenvalue weighted by Gasteiger charge is 2.20. The van der Waals surface area contributed by atoms with E-state index < -0.39 is 0 Å². The topological polar surface area (TPSA) is 12.5 Å². The van der Waals surface area contributed by atoms with E-state index in [0.717, 1.165) is 18.8 Å². The maximum atomic E-state index is 5.97. The van der Waals surface area contributed by atoms with Crippen LogP contribution >= 0.6 is 11.6 Å². The fourth-order valence-electron chi connectivity index (χ4n) is 2.95. The van der Waals surface area contributed by atoms with Crippen molar-refractivity contribution in [1.29, 1.82) is 0 Å². The summed E-state index contributed by atoms with van der Waals surface area (Å²) < 4.78 is 5.30. The van der Waals surface area contributed by atoms with Gasteiger partial charge in [-0.3, -0.25) is 4.90 Å². The summed E-state index contributed by atoms with van der Waals surface area (Å²) in [5.41, 5.74) is 1.31. The van der Waals surface area contributed by atoms with Gasteiger partial charge in [0, 0.05) is 25.0 Å². The van der Waals surface area contributed by atoms with Gasteiger partial charge in [-0.15, -0.1) is 11.6 Å². The van der Waals surface area contributed by atoms with Gasteiger partial charge in [0.15, 0.2) is 0 Å². The third kappa shape index (κ3) is 4.39. The van der Waals surface area contributed by atoms with Gasteiger partial charge in [-0.25, -0.2) is 0 Å². The van der Waals surface area contributed by atoms with Crippen molar-refractivity contribution < 1.29 is 4.74 Å². The number of hydrogen-bond donors (Lipinski definition) is 0. The molecule has 2 rings (SSSR count). The minimum atomic E-state index is 0.707. The normalized spacial score (nSPS) is 16.8. The summed E-state index contributed by atoms with van der Waals surface area (Å²) in [4.78, 5) is 2.54. The molecular weight excluding hydrogens is 258 g/mol. The van der Waals surface area contributed by atoms with Crippen molar-refractivity contribution in [1.82, 2.24) is 4.90 Å². The molecule has 0 atom stereocenters. The van der Waals surface area contributed by atoms with E-state index in [1.165, 1.54) is 37.7 Å². The molecule has 0 radical (unpaired) electrons. The van der Waals surface area contributed by atoms with Crippen LogP contribution in [0.2, 0.25) is 0 Å². The minimum absolute atomic E-state index is 0.707. The zero-order valence-corrected chi connectivity index (χ0v) is 12.5. The first-order chi connectivity index (χ1) is 9.33. The van der Waals surface area contributed by atoms with Gasteiger partial charge in [-0.2, -0.15) is 0 Å². The molecular formula is C16H24ClNO. The Bertz CT molecular complexity index is 377. The second kappa shape index (κ2) is 7.76. The number of halogens is 1. The summed E-state index contributed by atoms with van der Waals surface area (Å²) in [5.74, 6) is 1.65. The van der Waals surface area contributed by atoms with Crippen molar-refractivity contribution in [3.8, 4) is 5.75 Å². The molecule has 0 N–H and O–H groups in total. The lowest BCUT2D eigenvalue weighted by Gasteiger charge is -2.34. The van der Waals surface area contributed by atoms with Gasteiger partial charge < -0.3 is 4.74 Å². The van der Waals surface area contributed by atoms with E-state index in [-0.39, 0.29) is 0 Å². The molecule has 1 aromatic carbocycles. The Hall–Kier alpha value is -0.730. The molecule has 0 amide bonds. The molecule has 1 fully saturated rings. The zero-order valence-electron chi connectivity index (χ0n) is 11.8. The van der Waals surface area contributed by atoms with Crippen molar-refractivity contribution in [3.05, 3.63) is 29.8 Å². The Balaban J connectivity index is 2.01. The molecule has 0 saturated heterocycles. The second-order valence-electron chi connectivity index (χ2n) is 5.30.